The molecule has 0 bridgehead atoms. The summed E-state index contributed by atoms with van der Waals surface area (Å²) in [7, 11) is 1.89. The van der Waals surface area contributed by atoms with Gasteiger partial charge in [-0.05, 0) is 12.1 Å². The number of fused-ring (bicyclic) bond motifs is 1. The molecule has 0 saturated carbocycles. The van der Waals surface area contributed by atoms with Crippen LogP contribution in [0.5, 0.6) is 0 Å². The highest BCUT2D eigenvalue weighted by molar-refractivity contribution is 6.08. The molecule has 0 radical (unpaired) electrons. The van der Waals surface area contributed by atoms with E-state index in [9.17, 15) is 4.79 Å². The molecule has 5 heteroatoms. The molecular formula is C11H12N4O. The van der Waals surface area contributed by atoms with Crippen molar-refractivity contribution >= 4 is 17.3 Å². The topological polar surface area (TPSA) is 56.4 Å². The summed E-state index contributed by atoms with van der Waals surface area (Å²) < 4.78 is 0. The fourth-order valence-corrected chi connectivity index (χ4v) is 1.94. The number of rotatable bonds is 0. The highest BCUT2D eigenvalue weighted by Gasteiger charge is 2.28. The summed E-state index contributed by atoms with van der Waals surface area (Å²) >= 11 is 0. The van der Waals surface area contributed by atoms with E-state index in [1.807, 2.05) is 36.3 Å². The third kappa shape index (κ3) is 1.25. The van der Waals surface area contributed by atoms with Gasteiger partial charge in [0.05, 0.1) is 16.9 Å². The van der Waals surface area contributed by atoms with Gasteiger partial charge in [-0.2, -0.15) is 0 Å². The van der Waals surface area contributed by atoms with Gasteiger partial charge in [-0.15, -0.1) is 0 Å². The minimum absolute atomic E-state index is 0.0516. The van der Waals surface area contributed by atoms with Gasteiger partial charge in [0.15, 0.2) is 0 Å². The zero-order chi connectivity index (χ0) is 11.1. The van der Waals surface area contributed by atoms with Gasteiger partial charge in [0.1, 0.15) is 5.82 Å². The molecule has 1 amide bonds. The van der Waals surface area contributed by atoms with E-state index in [-0.39, 0.29) is 5.91 Å². The molecule has 0 atom stereocenters. The Morgan fingerprint density at radius 2 is 1.88 bits per heavy atom. The number of carbonyl (C=O) groups is 1. The molecule has 0 spiro atoms. The molecule has 0 aromatic heterocycles. The molecule has 82 valence electrons. The van der Waals surface area contributed by atoms with Crippen LogP contribution >= 0.6 is 0 Å². The average molecular weight is 216 g/mol. The highest BCUT2D eigenvalue weighted by atomic mass is 16.1. The normalized spacial score (nSPS) is 18.6. The molecule has 3 rings (SSSR count). The van der Waals surface area contributed by atoms with Gasteiger partial charge in [-0.25, -0.2) is 5.43 Å². The first-order valence-corrected chi connectivity index (χ1v) is 5.13. The maximum Gasteiger partial charge on any atom is 0.256 e. The van der Waals surface area contributed by atoms with Crippen molar-refractivity contribution in [2.75, 3.05) is 24.2 Å². The number of carbonyl (C=O) groups excluding carboxylic acids is 1. The smallest absolute Gasteiger partial charge is 0.256 e. The Morgan fingerprint density at radius 3 is 2.62 bits per heavy atom. The maximum atomic E-state index is 11.9. The van der Waals surface area contributed by atoms with Crippen LogP contribution in [0.1, 0.15) is 0 Å². The Balaban J connectivity index is 2.09. The Bertz CT molecular complexity index is 495. The molecule has 3 N–H and O–H groups in total. The first-order chi connectivity index (χ1) is 7.75. The largest absolute Gasteiger partial charge is 0.339 e. The van der Waals surface area contributed by atoms with E-state index in [1.165, 1.54) is 0 Å². The summed E-state index contributed by atoms with van der Waals surface area (Å²) in [5.74, 6) is 0.770. The van der Waals surface area contributed by atoms with Gasteiger partial charge < -0.3 is 10.6 Å². The lowest BCUT2D eigenvalue weighted by atomic mass is 10.2. The Morgan fingerprint density at radius 1 is 1.19 bits per heavy atom. The monoisotopic (exact) mass is 216 g/mol. The van der Waals surface area contributed by atoms with Crippen molar-refractivity contribution in [3.8, 4) is 0 Å². The molecule has 5 nitrogen and oxygen atoms in total. The molecule has 1 aromatic rings. The van der Waals surface area contributed by atoms with Crippen LogP contribution in [0.4, 0.5) is 11.4 Å². The molecular weight excluding hydrogens is 204 g/mol. The fraction of sp³-hybridized carbons (Fsp3) is 0.182. The highest BCUT2D eigenvalue weighted by Crippen LogP contribution is 2.29. The van der Waals surface area contributed by atoms with Crippen molar-refractivity contribution in [3.05, 3.63) is 35.7 Å². The minimum Gasteiger partial charge on any atom is -0.339 e. The predicted molar refractivity (Wildman–Crippen MR) is 61.5 cm³/mol. The number of hydrogen-bond acceptors (Lipinski definition) is 4. The van der Waals surface area contributed by atoms with Gasteiger partial charge in [-0.1, -0.05) is 12.1 Å². The molecule has 2 aliphatic heterocycles. The van der Waals surface area contributed by atoms with Crippen molar-refractivity contribution in [1.29, 1.82) is 0 Å². The molecule has 1 aromatic carbocycles. The number of anilines is 2. The summed E-state index contributed by atoms with van der Waals surface area (Å²) in [5, 5.41) is 7.98. The first-order valence-electron chi connectivity index (χ1n) is 5.13. The Labute approximate surface area is 93.1 Å². The van der Waals surface area contributed by atoms with Crippen molar-refractivity contribution in [2.45, 2.75) is 0 Å². The van der Waals surface area contributed by atoms with Crippen LogP contribution in [0.15, 0.2) is 35.7 Å². The Hall–Kier alpha value is -2.01. The molecule has 2 heterocycles. The van der Waals surface area contributed by atoms with Crippen LogP contribution in [0, 0.1) is 0 Å². The second-order valence-electron chi connectivity index (χ2n) is 3.85. The third-order valence-electron chi connectivity index (χ3n) is 2.82. The van der Waals surface area contributed by atoms with Crippen LogP contribution in [0.2, 0.25) is 0 Å². The fourth-order valence-electron chi connectivity index (χ4n) is 1.94. The number of hydrogen-bond donors (Lipinski definition) is 3. The predicted octanol–water partition coefficient (Wildman–Crippen LogP) is 0.712. The lowest BCUT2D eigenvalue weighted by Crippen LogP contribution is -2.30. The molecule has 0 fully saturated rings. The minimum atomic E-state index is -0.0516. The van der Waals surface area contributed by atoms with Crippen molar-refractivity contribution in [1.82, 2.24) is 10.4 Å². The second kappa shape index (κ2) is 3.24. The maximum absolute atomic E-state index is 11.9. The van der Waals surface area contributed by atoms with E-state index in [2.05, 4.69) is 16.1 Å². The summed E-state index contributed by atoms with van der Waals surface area (Å²) in [6, 6.07) is 7.67. The lowest BCUT2D eigenvalue weighted by molar-refractivity contribution is -0.112. The first kappa shape index (κ1) is 9.23. The van der Waals surface area contributed by atoms with Crippen molar-refractivity contribution in [2.24, 2.45) is 0 Å². The standard InChI is InChI=1S/C11H12N4O/c1-15-10-7(6-12-15)11(16)14-9-5-3-2-4-8(9)13-10/h2-5,12-13H,6H2,1H3,(H,14,16). The van der Waals surface area contributed by atoms with E-state index < -0.39 is 0 Å². The number of para-hydroxylation sites is 2. The van der Waals surface area contributed by atoms with Gasteiger partial charge in [0, 0.05) is 13.6 Å². The molecule has 2 aliphatic rings. The number of nitrogens with one attached hydrogen (secondary N) is 3. The Kier molecular flexibility index (Phi) is 1.87. The number of amides is 1. The van der Waals surface area contributed by atoms with Crippen LogP contribution in [-0.2, 0) is 4.79 Å². The summed E-state index contributed by atoms with van der Waals surface area (Å²) in [6.45, 7) is 0.554. The van der Waals surface area contributed by atoms with E-state index >= 15 is 0 Å². The van der Waals surface area contributed by atoms with E-state index in [1.54, 1.807) is 0 Å². The number of nitrogens with zero attached hydrogens (tertiary/aromatic N) is 1. The zero-order valence-corrected chi connectivity index (χ0v) is 8.87. The summed E-state index contributed by atoms with van der Waals surface area (Å²) in [5.41, 5.74) is 5.55. The van der Waals surface area contributed by atoms with Crippen LogP contribution in [0.3, 0.4) is 0 Å². The quantitative estimate of drug-likeness (QED) is 0.598. The van der Waals surface area contributed by atoms with E-state index in [0.717, 1.165) is 22.8 Å². The van der Waals surface area contributed by atoms with Crippen molar-refractivity contribution < 1.29 is 4.79 Å². The van der Waals surface area contributed by atoms with Gasteiger partial charge in [0.2, 0.25) is 0 Å². The van der Waals surface area contributed by atoms with Crippen molar-refractivity contribution in [3.63, 3.8) is 0 Å². The number of benzene rings is 1. The molecule has 0 aliphatic carbocycles. The van der Waals surface area contributed by atoms with E-state index in [0.29, 0.717) is 6.54 Å². The van der Waals surface area contributed by atoms with Crippen LogP contribution in [0.25, 0.3) is 0 Å². The number of hydrazine groups is 1. The van der Waals surface area contributed by atoms with Crippen LogP contribution < -0.4 is 16.1 Å². The van der Waals surface area contributed by atoms with Gasteiger partial charge in [0.25, 0.3) is 5.91 Å². The molecule has 16 heavy (non-hydrogen) atoms. The van der Waals surface area contributed by atoms with Crippen LogP contribution in [-0.4, -0.2) is 24.5 Å². The average Bonchev–Trinajstić information content (AvgIpc) is 2.57. The zero-order valence-electron chi connectivity index (χ0n) is 8.87. The summed E-state index contributed by atoms with van der Waals surface area (Å²) in [6.07, 6.45) is 0. The van der Waals surface area contributed by atoms with Gasteiger partial charge in [-0.3, -0.25) is 9.80 Å². The molecule has 0 unspecified atom stereocenters. The lowest BCUT2D eigenvalue weighted by Gasteiger charge is -2.18. The van der Waals surface area contributed by atoms with Gasteiger partial charge >= 0.3 is 0 Å². The third-order valence-corrected chi connectivity index (χ3v) is 2.82. The summed E-state index contributed by atoms with van der Waals surface area (Å²) in [4.78, 5) is 11.9. The SMILES string of the molecule is CN1NCC2=C1Nc1ccccc1NC2=O. The van der Waals surface area contributed by atoms with E-state index in [4.69, 9.17) is 0 Å². The second-order valence-corrected chi connectivity index (χ2v) is 3.85. The molecule has 0 saturated heterocycles.